The van der Waals surface area contributed by atoms with Crippen LogP contribution in [0.25, 0.3) is 10.9 Å². The Balaban J connectivity index is 1.69. The fourth-order valence-electron chi connectivity index (χ4n) is 4.86. The number of rotatable bonds is 3. The highest BCUT2D eigenvalue weighted by molar-refractivity contribution is 7.90. The number of amides is 1. The number of aromatic amines is 1. The number of likely N-dealkylation sites (N-methyl/N-ethyl adjacent to an activating group) is 1. The maximum atomic E-state index is 12.3. The van der Waals surface area contributed by atoms with Crippen LogP contribution in [-0.4, -0.2) is 75.9 Å². The van der Waals surface area contributed by atoms with Crippen molar-refractivity contribution in [3.8, 4) is 0 Å². The molecule has 2 heterocycles. The average molecular weight is 406 g/mol. The van der Waals surface area contributed by atoms with Gasteiger partial charge in [-0.25, -0.2) is 13.2 Å². The van der Waals surface area contributed by atoms with Crippen LogP contribution in [0.2, 0.25) is 0 Å². The largest absolute Gasteiger partial charge is 0.449 e. The number of aromatic nitrogens is 1. The molecule has 8 heteroatoms. The molecule has 152 valence electrons. The van der Waals surface area contributed by atoms with E-state index in [1.807, 2.05) is 12.1 Å². The Kier molecular flexibility index (Phi) is 4.66. The summed E-state index contributed by atoms with van der Waals surface area (Å²) in [5.74, 6) is 0.543. The second kappa shape index (κ2) is 6.77. The summed E-state index contributed by atoms with van der Waals surface area (Å²) in [6.07, 6.45) is 2.58. The number of ether oxygens (including phenoxy) is 1. The van der Waals surface area contributed by atoms with Gasteiger partial charge in [0.05, 0.1) is 6.61 Å². The molecular formula is C20H27N3O4S. The molecular weight excluding hydrogens is 378 g/mol. The maximum absolute atomic E-state index is 12.3. The van der Waals surface area contributed by atoms with Gasteiger partial charge in [-0.2, -0.15) is 0 Å². The fourth-order valence-corrected chi connectivity index (χ4v) is 5.79. The van der Waals surface area contributed by atoms with Crippen LogP contribution < -0.4 is 0 Å². The lowest BCUT2D eigenvalue weighted by Gasteiger charge is -2.45. The summed E-state index contributed by atoms with van der Waals surface area (Å²) in [7, 11) is 2.12. The predicted molar refractivity (Wildman–Crippen MR) is 107 cm³/mol. The highest BCUT2D eigenvalue weighted by Gasteiger charge is 2.41. The Bertz CT molecular complexity index is 1030. The minimum atomic E-state index is -3.32. The summed E-state index contributed by atoms with van der Waals surface area (Å²) in [6.45, 7) is 1.22. The Labute approximate surface area is 165 Å². The van der Waals surface area contributed by atoms with Crippen molar-refractivity contribution in [1.29, 1.82) is 0 Å². The molecule has 1 aromatic heterocycles. The molecule has 3 atom stereocenters. The minimum absolute atomic E-state index is 0.246. The molecule has 1 aliphatic heterocycles. The van der Waals surface area contributed by atoms with Crippen LogP contribution in [0, 0.1) is 5.92 Å². The zero-order valence-corrected chi connectivity index (χ0v) is 17.5. The van der Waals surface area contributed by atoms with Gasteiger partial charge in [-0.15, -0.1) is 0 Å². The molecule has 0 bridgehead atoms. The van der Waals surface area contributed by atoms with Crippen molar-refractivity contribution >= 4 is 26.8 Å². The molecule has 28 heavy (non-hydrogen) atoms. The number of piperidine rings is 1. The van der Waals surface area contributed by atoms with E-state index in [-0.39, 0.29) is 18.1 Å². The van der Waals surface area contributed by atoms with Crippen LogP contribution in [0.3, 0.4) is 0 Å². The zero-order chi connectivity index (χ0) is 20.2. The van der Waals surface area contributed by atoms with E-state index in [4.69, 9.17) is 4.74 Å². The summed E-state index contributed by atoms with van der Waals surface area (Å²) in [4.78, 5) is 18.7. The Hall–Kier alpha value is -2.06. The van der Waals surface area contributed by atoms with Crippen LogP contribution in [0.1, 0.15) is 23.5 Å². The molecule has 1 saturated heterocycles. The van der Waals surface area contributed by atoms with Gasteiger partial charge in [0.2, 0.25) is 0 Å². The third-order valence-electron chi connectivity index (χ3n) is 6.08. The number of hydrogen-bond donors (Lipinski definition) is 1. The molecule has 0 spiro atoms. The monoisotopic (exact) mass is 405 g/mol. The summed E-state index contributed by atoms with van der Waals surface area (Å²) >= 11 is 0. The molecule has 1 aromatic carbocycles. The Morgan fingerprint density at radius 2 is 2.11 bits per heavy atom. The number of benzene rings is 1. The third kappa shape index (κ3) is 3.18. The van der Waals surface area contributed by atoms with Gasteiger partial charge in [0.1, 0.15) is 5.03 Å². The highest BCUT2D eigenvalue weighted by atomic mass is 32.2. The zero-order valence-electron chi connectivity index (χ0n) is 16.7. The smallest absolute Gasteiger partial charge is 0.409 e. The van der Waals surface area contributed by atoms with Crippen LogP contribution >= 0.6 is 0 Å². The number of hydrogen-bond acceptors (Lipinski definition) is 5. The van der Waals surface area contributed by atoms with Gasteiger partial charge in [-0.05, 0) is 37.1 Å². The predicted octanol–water partition coefficient (Wildman–Crippen LogP) is 2.23. The number of nitrogens with one attached hydrogen (secondary N) is 1. The second-order valence-corrected chi connectivity index (χ2v) is 10.3. The lowest BCUT2D eigenvalue weighted by Crippen LogP contribution is -2.49. The first kappa shape index (κ1) is 19.3. The van der Waals surface area contributed by atoms with Gasteiger partial charge in [0, 0.05) is 55.7 Å². The molecule has 1 unspecified atom stereocenters. The third-order valence-corrected chi connectivity index (χ3v) is 7.17. The molecule has 1 fully saturated rings. The summed E-state index contributed by atoms with van der Waals surface area (Å²) in [6, 6.07) is 6.29. The Morgan fingerprint density at radius 1 is 1.36 bits per heavy atom. The van der Waals surface area contributed by atoms with Crippen LogP contribution in [0.4, 0.5) is 4.79 Å². The van der Waals surface area contributed by atoms with Crippen molar-refractivity contribution in [1.82, 2.24) is 14.8 Å². The first-order chi connectivity index (χ1) is 13.2. The van der Waals surface area contributed by atoms with Crippen molar-refractivity contribution < 1.29 is 17.9 Å². The second-order valence-electron chi connectivity index (χ2n) is 8.37. The van der Waals surface area contributed by atoms with E-state index >= 15 is 0 Å². The maximum Gasteiger partial charge on any atom is 0.409 e. The van der Waals surface area contributed by atoms with Gasteiger partial charge in [0.15, 0.2) is 9.84 Å². The first-order valence-electron chi connectivity index (χ1n) is 9.54. The normalized spacial score (nSPS) is 24.8. The average Bonchev–Trinajstić information content (AvgIpc) is 3.01. The molecule has 1 amide bonds. The van der Waals surface area contributed by atoms with E-state index < -0.39 is 9.84 Å². The molecule has 2 aromatic rings. The van der Waals surface area contributed by atoms with E-state index in [0.717, 1.165) is 29.4 Å². The standard InChI is InChI=1S/C20H27N3O4S/c1-22(2)20(24)27-11-12-8-14-13-6-5-7-16-18(13)15(9-17(14)23(3)10-12)19(21-16)28(4,25)26/h5-7,12,14,17,21H,8-11H2,1-4H3/t12?,14-,17-/m1/s1. The van der Waals surface area contributed by atoms with Gasteiger partial charge >= 0.3 is 6.09 Å². The van der Waals surface area contributed by atoms with Crippen LogP contribution in [-0.2, 0) is 21.0 Å². The topological polar surface area (TPSA) is 82.7 Å². The molecule has 4 rings (SSSR count). The quantitative estimate of drug-likeness (QED) is 0.847. The van der Waals surface area contributed by atoms with E-state index in [1.165, 1.54) is 16.7 Å². The van der Waals surface area contributed by atoms with Crippen molar-refractivity contribution in [3.05, 3.63) is 29.3 Å². The van der Waals surface area contributed by atoms with E-state index in [2.05, 4.69) is 23.0 Å². The van der Waals surface area contributed by atoms with Crippen molar-refractivity contribution in [2.24, 2.45) is 5.92 Å². The summed E-state index contributed by atoms with van der Waals surface area (Å²) in [5, 5.41) is 1.41. The SMILES string of the molecule is CN(C)C(=O)OCC1C[C@@H]2c3cccc4[nH]c(S(C)(=O)=O)c(c34)C[C@H]2N(C)C1. The molecule has 2 aliphatic rings. The number of H-pyrrole nitrogens is 1. The van der Waals surface area contributed by atoms with Crippen molar-refractivity contribution in [2.45, 2.75) is 29.8 Å². The lowest BCUT2D eigenvalue weighted by atomic mass is 9.72. The molecule has 1 N–H and O–H groups in total. The van der Waals surface area contributed by atoms with Gasteiger partial charge < -0.3 is 19.5 Å². The van der Waals surface area contributed by atoms with Crippen LogP contribution in [0.5, 0.6) is 0 Å². The van der Waals surface area contributed by atoms with E-state index in [9.17, 15) is 13.2 Å². The fraction of sp³-hybridized carbons (Fsp3) is 0.550. The van der Waals surface area contributed by atoms with Gasteiger partial charge in [-0.1, -0.05) is 12.1 Å². The molecule has 1 aliphatic carbocycles. The molecule has 0 saturated carbocycles. The summed E-state index contributed by atoms with van der Waals surface area (Å²) in [5.41, 5.74) is 3.00. The van der Waals surface area contributed by atoms with E-state index in [1.54, 1.807) is 14.1 Å². The number of carbonyl (C=O) groups excluding carboxylic acids is 1. The molecule has 7 nitrogen and oxygen atoms in total. The Morgan fingerprint density at radius 3 is 2.79 bits per heavy atom. The van der Waals surface area contributed by atoms with Gasteiger partial charge in [-0.3, -0.25) is 0 Å². The number of fused-ring (bicyclic) bond motifs is 2. The van der Waals surface area contributed by atoms with Crippen LogP contribution in [0.15, 0.2) is 23.2 Å². The van der Waals surface area contributed by atoms with Crippen molar-refractivity contribution in [2.75, 3.05) is 40.6 Å². The number of carbonyl (C=O) groups is 1. The first-order valence-corrected chi connectivity index (χ1v) is 11.4. The highest BCUT2D eigenvalue weighted by Crippen LogP contribution is 2.46. The number of sulfone groups is 1. The van der Waals surface area contributed by atoms with Crippen molar-refractivity contribution in [3.63, 3.8) is 0 Å². The number of nitrogens with zero attached hydrogens (tertiary/aromatic N) is 2. The molecule has 0 radical (unpaired) electrons. The van der Waals surface area contributed by atoms with Gasteiger partial charge in [0.25, 0.3) is 0 Å². The minimum Gasteiger partial charge on any atom is -0.449 e. The summed E-state index contributed by atoms with van der Waals surface area (Å²) < 4.78 is 30.1. The lowest BCUT2D eigenvalue weighted by molar-refractivity contribution is 0.0526. The van der Waals surface area contributed by atoms with E-state index in [0.29, 0.717) is 24.0 Å². The number of likely N-dealkylation sites (tertiary alicyclic amines) is 1.